The van der Waals surface area contributed by atoms with Crippen LogP contribution in [-0.2, 0) is 0 Å². The largest absolute Gasteiger partial charge is 0.507 e. The summed E-state index contributed by atoms with van der Waals surface area (Å²) in [5, 5.41) is 24.3. The van der Waals surface area contributed by atoms with Crippen molar-refractivity contribution in [2.45, 2.75) is 19.4 Å². The van der Waals surface area contributed by atoms with Crippen molar-refractivity contribution < 1.29 is 18.8 Å². The molecule has 1 aliphatic rings. The number of halogens is 2. The van der Waals surface area contributed by atoms with Gasteiger partial charge in [0.25, 0.3) is 12.1 Å². The molecule has 8 heteroatoms. The molecule has 2 rings (SSSR count). The quantitative estimate of drug-likeness (QED) is 0.655. The number of phenols is 1. The third-order valence-electron chi connectivity index (χ3n) is 3.67. The van der Waals surface area contributed by atoms with Gasteiger partial charge in [0.1, 0.15) is 11.8 Å². The van der Waals surface area contributed by atoms with E-state index >= 15 is 0 Å². The fourth-order valence-corrected chi connectivity index (χ4v) is 2.59. The van der Waals surface area contributed by atoms with E-state index in [0.29, 0.717) is 31.7 Å². The zero-order valence-corrected chi connectivity index (χ0v) is 11.6. The monoisotopic (exact) mass is 301 g/mol. The van der Waals surface area contributed by atoms with Crippen LogP contribution >= 0.6 is 0 Å². The van der Waals surface area contributed by atoms with Gasteiger partial charge in [0, 0.05) is 32.2 Å². The molecular formula is C13H17F2N3O3. The van der Waals surface area contributed by atoms with Crippen LogP contribution in [0.1, 0.15) is 17.2 Å². The Labute approximate surface area is 120 Å². The van der Waals surface area contributed by atoms with Crippen molar-refractivity contribution >= 4 is 5.69 Å². The molecule has 21 heavy (non-hydrogen) atoms. The van der Waals surface area contributed by atoms with Gasteiger partial charge in [-0.25, -0.2) is 8.78 Å². The molecule has 116 valence electrons. The molecule has 0 radical (unpaired) electrons. The number of nitro groups is 1. The van der Waals surface area contributed by atoms with Crippen molar-refractivity contribution in [2.24, 2.45) is 0 Å². The molecule has 0 bridgehead atoms. The summed E-state index contributed by atoms with van der Waals surface area (Å²) in [7, 11) is 0. The molecule has 2 N–H and O–H groups in total. The number of aromatic hydroxyl groups is 1. The maximum atomic E-state index is 13.5. The second kappa shape index (κ2) is 6.31. The van der Waals surface area contributed by atoms with Gasteiger partial charge in [0.05, 0.1) is 10.5 Å². The lowest BCUT2D eigenvalue weighted by Crippen LogP contribution is -2.47. The van der Waals surface area contributed by atoms with Gasteiger partial charge < -0.3 is 10.4 Å². The van der Waals surface area contributed by atoms with E-state index in [4.69, 9.17) is 0 Å². The number of hydrogen-bond donors (Lipinski definition) is 2. The molecule has 0 aromatic heterocycles. The van der Waals surface area contributed by atoms with E-state index in [1.54, 1.807) is 0 Å². The number of alkyl halides is 2. The van der Waals surface area contributed by atoms with E-state index in [2.05, 4.69) is 5.32 Å². The highest BCUT2D eigenvalue weighted by Crippen LogP contribution is 2.41. The first-order valence-electron chi connectivity index (χ1n) is 6.63. The number of nitrogens with zero attached hydrogens (tertiary/aromatic N) is 2. The molecular weight excluding hydrogens is 284 g/mol. The fraction of sp³-hybridized carbons (Fsp3) is 0.538. The SMILES string of the molecule is Cc1ccc([N+](=O)[O-])c([C@H](C(F)F)N2CCNCC2)c1O. The average Bonchev–Trinajstić information content (AvgIpc) is 2.44. The van der Waals surface area contributed by atoms with Gasteiger partial charge in [-0.1, -0.05) is 0 Å². The Hall–Kier alpha value is -1.80. The molecule has 1 atom stereocenters. The Morgan fingerprint density at radius 3 is 2.52 bits per heavy atom. The summed E-state index contributed by atoms with van der Waals surface area (Å²) in [6.07, 6.45) is -2.82. The minimum absolute atomic E-state index is 0.295. The van der Waals surface area contributed by atoms with Crippen LogP contribution in [0.25, 0.3) is 0 Å². The summed E-state index contributed by atoms with van der Waals surface area (Å²) in [5.41, 5.74) is -0.421. The van der Waals surface area contributed by atoms with Crippen LogP contribution in [0.4, 0.5) is 14.5 Å². The summed E-state index contributed by atoms with van der Waals surface area (Å²) >= 11 is 0. The number of rotatable bonds is 4. The third kappa shape index (κ3) is 3.11. The molecule has 1 heterocycles. The van der Waals surface area contributed by atoms with Crippen molar-refractivity contribution in [1.82, 2.24) is 10.2 Å². The first kappa shape index (κ1) is 15.6. The molecule has 0 spiro atoms. The Kier molecular flexibility index (Phi) is 4.69. The zero-order chi connectivity index (χ0) is 15.6. The number of hydrogen-bond acceptors (Lipinski definition) is 5. The van der Waals surface area contributed by atoms with Gasteiger partial charge >= 0.3 is 0 Å². The minimum atomic E-state index is -2.82. The van der Waals surface area contributed by atoms with Gasteiger partial charge in [-0.3, -0.25) is 15.0 Å². The van der Waals surface area contributed by atoms with E-state index < -0.39 is 28.8 Å². The first-order chi connectivity index (χ1) is 9.93. The van der Waals surface area contributed by atoms with E-state index in [1.807, 2.05) is 0 Å². The van der Waals surface area contributed by atoms with Crippen molar-refractivity contribution in [2.75, 3.05) is 26.2 Å². The van der Waals surface area contributed by atoms with Crippen molar-refractivity contribution in [3.63, 3.8) is 0 Å². The van der Waals surface area contributed by atoms with E-state index in [9.17, 15) is 24.0 Å². The number of benzene rings is 1. The summed E-state index contributed by atoms with van der Waals surface area (Å²) in [4.78, 5) is 11.9. The highest BCUT2D eigenvalue weighted by molar-refractivity contribution is 5.54. The molecule has 1 aromatic rings. The normalized spacial score (nSPS) is 17.9. The van der Waals surface area contributed by atoms with Crippen LogP contribution in [-0.4, -0.2) is 47.5 Å². The number of nitro benzene ring substituents is 1. The third-order valence-corrected chi connectivity index (χ3v) is 3.67. The molecule has 0 saturated carbocycles. The number of piperazine rings is 1. The molecule has 1 fully saturated rings. The highest BCUT2D eigenvalue weighted by Gasteiger charge is 2.37. The predicted molar refractivity (Wildman–Crippen MR) is 72.7 cm³/mol. The van der Waals surface area contributed by atoms with Gasteiger partial charge in [-0.15, -0.1) is 0 Å². The fourth-order valence-electron chi connectivity index (χ4n) is 2.59. The molecule has 1 aliphatic heterocycles. The lowest BCUT2D eigenvalue weighted by atomic mass is 9.98. The lowest BCUT2D eigenvalue weighted by Gasteiger charge is -2.34. The Balaban J connectivity index is 2.53. The maximum Gasteiger partial charge on any atom is 0.278 e. The second-order valence-electron chi connectivity index (χ2n) is 4.99. The Bertz CT molecular complexity index is 534. The Morgan fingerprint density at radius 1 is 1.38 bits per heavy atom. The second-order valence-corrected chi connectivity index (χ2v) is 4.99. The van der Waals surface area contributed by atoms with Gasteiger partial charge in [0.2, 0.25) is 0 Å². The molecule has 0 amide bonds. The van der Waals surface area contributed by atoms with E-state index in [1.165, 1.54) is 24.0 Å². The lowest BCUT2D eigenvalue weighted by molar-refractivity contribution is -0.386. The molecule has 6 nitrogen and oxygen atoms in total. The first-order valence-corrected chi connectivity index (χ1v) is 6.63. The number of phenolic OH excluding ortho intramolecular Hbond substituents is 1. The van der Waals surface area contributed by atoms with Crippen molar-refractivity contribution in [3.8, 4) is 5.75 Å². The zero-order valence-electron chi connectivity index (χ0n) is 11.6. The van der Waals surface area contributed by atoms with Crippen LogP contribution in [0, 0.1) is 17.0 Å². The van der Waals surface area contributed by atoms with E-state index in [-0.39, 0.29) is 5.56 Å². The van der Waals surface area contributed by atoms with Crippen molar-refractivity contribution in [3.05, 3.63) is 33.4 Å². The van der Waals surface area contributed by atoms with Crippen LogP contribution in [0.5, 0.6) is 5.75 Å². The molecule has 0 aliphatic carbocycles. The van der Waals surface area contributed by atoms with E-state index in [0.717, 1.165) is 0 Å². The Morgan fingerprint density at radius 2 is 2.00 bits per heavy atom. The van der Waals surface area contributed by atoms with Crippen LogP contribution in [0.3, 0.4) is 0 Å². The molecule has 1 saturated heterocycles. The van der Waals surface area contributed by atoms with Crippen molar-refractivity contribution in [1.29, 1.82) is 0 Å². The number of aryl methyl sites for hydroxylation is 1. The topological polar surface area (TPSA) is 78.6 Å². The smallest absolute Gasteiger partial charge is 0.278 e. The summed E-state index contributed by atoms with van der Waals surface area (Å²) < 4.78 is 27.1. The van der Waals surface area contributed by atoms with Gasteiger partial charge in [-0.2, -0.15) is 0 Å². The van der Waals surface area contributed by atoms with Gasteiger partial charge in [-0.05, 0) is 18.6 Å². The summed E-state index contributed by atoms with van der Waals surface area (Å²) in [5.74, 6) is -0.423. The molecule has 0 unspecified atom stereocenters. The highest BCUT2D eigenvalue weighted by atomic mass is 19.3. The number of nitrogens with one attached hydrogen (secondary N) is 1. The van der Waals surface area contributed by atoms with Crippen LogP contribution < -0.4 is 5.32 Å². The predicted octanol–water partition coefficient (Wildman–Crippen LogP) is 1.82. The summed E-state index contributed by atoms with van der Waals surface area (Å²) in [6, 6.07) is 1.05. The maximum absolute atomic E-state index is 13.5. The van der Waals surface area contributed by atoms with Crippen LogP contribution in [0.15, 0.2) is 12.1 Å². The van der Waals surface area contributed by atoms with Crippen LogP contribution in [0.2, 0.25) is 0 Å². The summed E-state index contributed by atoms with van der Waals surface area (Å²) in [6.45, 7) is 3.29. The average molecular weight is 301 g/mol. The van der Waals surface area contributed by atoms with Gasteiger partial charge in [0.15, 0.2) is 0 Å². The standard InChI is InChI=1S/C13H17F2N3O3/c1-8-2-3-9(18(20)21)10(12(8)19)11(13(14)15)17-6-4-16-5-7-17/h2-3,11,13,16,19H,4-7H2,1H3/t11-/m1/s1. The molecule has 1 aromatic carbocycles. The minimum Gasteiger partial charge on any atom is -0.507 e.